The number of hydrogen-bond acceptors (Lipinski definition) is 1. The minimum Gasteiger partial charge on any atom is -0.310 e. The fourth-order valence-corrected chi connectivity index (χ4v) is 12.9. The van der Waals surface area contributed by atoms with E-state index < -0.39 is 5.41 Å². The van der Waals surface area contributed by atoms with Gasteiger partial charge in [0.1, 0.15) is 0 Å². The van der Waals surface area contributed by atoms with Crippen LogP contribution in [0.15, 0.2) is 170 Å². The van der Waals surface area contributed by atoms with Gasteiger partial charge in [-0.25, -0.2) is 0 Å². The Hall–Kier alpha value is -6.70. The van der Waals surface area contributed by atoms with Gasteiger partial charge in [-0.2, -0.15) is 0 Å². The quantitative estimate of drug-likeness (QED) is 0.119. The molecule has 9 aromatic carbocycles. The predicted octanol–water partition coefficient (Wildman–Crippen LogP) is 20.4. The van der Waals surface area contributed by atoms with E-state index in [1.54, 1.807) is 0 Å². The molecule has 374 valence electrons. The summed E-state index contributed by atoms with van der Waals surface area (Å²) in [6.07, 6.45) is 0. The summed E-state index contributed by atoms with van der Waals surface area (Å²) in [7, 11) is 0. The van der Waals surface area contributed by atoms with E-state index in [1.165, 1.54) is 111 Å². The van der Waals surface area contributed by atoms with Crippen molar-refractivity contribution < 1.29 is 0 Å². The zero-order valence-electron chi connectivity index (χ0n) is 47.2. The standard InChI is InChI=1S/C73H77N/c1-68(2,3)49-26-21-45(22-27-49)63(46-23-28-50(29-24-46)69(4,5)6)47-25-38-55-48(43-47)44-60-59-40-39-58-56-19-17-18-20-61(56)72(13,14)65(58)66(59)73(15,16)67-62(42-41-57(55)64(60)67)74(53-34-30-51(31-35-53)70(7,8)9)54-36-32-52(33-37-54)71(10,11)12/h17-44,63H,1-16H3. The smallest absolute Gasteiger partial charge is 0.0509 e. The van der Waals surface area contributed by atoms with Crippen molar-refractivity contribution in [1.29, 1.82) is 0 Å². The molecule has 0 N–H and O–H groups in total. The normalized spacial score (nSPS) is 14.8. The number of anilines is 3. The summed E-state index contributed by atoms with van der Waals surface area (Å²) in [6.45, 7) is 37.6. The minimum absolute atomic E-state index is 0.0345. The monoisotopic (exact) mass is 968 g/mol. The molecule has 0 atom stereocenters. The van der Waals surface area contributed by atoms with Crippen LogP contribution < -0.4 is 4.90 Å². The van der Waals surface area contributed by atoms with Crippen molar-refractivity contribution in [2.45, 2.75) is 149 Å². The summed E-state index contributed by atoms with van der Waals surface area (Å²) in [6, 6.07) is 66.6. The van der Waals surface area contributed by atoms with E-state index in [0.29, 0.717) is 0 Å². The van der Waals surface area contributed by atoms with Crippen molar-refractivity contribution in [1.82, 2.24) is 0 Å². The van der Waals surface area contributed by atoms with Crippen molar-refractivity contribution in [3.05, 3.63) is 231 Å². The third-order valence-corrected chi connectivity index (χ3v) is 17.2. The zero-order valence-corrected chi connectivity index (χ0v) is 47.2. The van der Waals surface area contributed by atoms with Crippen LogP contribution in [0.5, 0.6) is 0 Å². The second kappa shape index (κ2) is 16.9. The van der Waals surface area contributed by atoms with Gasteiger partial charge in [-0.05, 0) is 163 Å². The molecule has 0 aromatic heterocycles. The number of rotatable bonds is 6. The fourth-order valence-electron chi connectivity index (χ4n) is 12.9. The summed E-state index contributed by atoms with van der Waals surface area (Å²) >= 11 is 0. The Bertz CT molecular complexity index is 3530. The Kier molecular flexibility index (Phi) is 11.3. The van der Waals surface area contributed by atoms with Crippen LogP contribution in [0.3, 0.4) is 0 Å². The molecule has 0 heterocycles. The zero-order chi connectivity index (χ0) is 52.7. The maximum Gasteiger partial charge on any atom is 0.0509 e. The molecule has 0 saturated carbocycles. The first kappa shape index (κ1) is 49.5. The van der Waals surface area contributed by atoms with Crippen LogP contribution in [0.1, 0.15) is 178 Å². The van der Waals surface area contributed by atoms with Gasteiger partial charge in [0, 0.05) is 28.1 Å². The van der Waals surface area contributed by atoms with Gasteiger partial charge in [-0.3, -0.25) is 0 Å². The Balaban J connectivity index is 1.20. The molecule has 0 bridgehead atoms. The molecule has 0 fully saturated rings. The summed E-state index contributed by atoms with van der Waals surface area (Å²) < 4.78 is 0. The molecule has 1 nitrogen and oxygen atoms in total. The second-order valence-corrected chi connectivity index (χ2v) is 27.1. The topological polar surface area (TPSA) is 3.24 Å². The molecular formula is C73H77N. The molecule has 0 aliphatic heterocycles. The Labute approximate surface area is 443 Å². The van der Waals surface area contributed by atoms with E-state index in [0.717, 1.165) is 11.4 Å². The fraction of sp³-hybridized carbons (Fsp3) is 0.315. The minimum atomic E-state index is -0.395. The highest BCUT2D eigenvalue weighted by atomic mass is 15.1. The Morgan fingerprint density at radius 2 is 0.770 bits per heavy atom. The van der Waals surface area contributed by atoms with E-state index in [9.17, 15) is 0 Å². The SMILES string of the molecule is CC(C)(C)c1ccc(C(c2ccc(C(C)(C)C)cc2)c2ccc3c(c2)cc2c4c(c(N(c5ccc(C(C)(C)C)cc5)c5ccc(C(C)(C)C)cc5)ccc43)C(C)(C)c3c-2ccc2c3C(C)(C)c3ccccc3-2)cc1. The van der Waals surface area contributed by atoms with E-state index in [-0.39, 0.29) is 33.0 Å². The Morgan fingerprint density at radius 3 is 1.26 bits per heavy atom. The highest BCUT2D eigenvalue weighted by molar-refractivity contribution is 6.19. The molecule has 11 rings (SSSR count). The maximum absolute atomic E-state index is 2.56. The van der Waals surface area contributed by atoms with Crippen LogP contribution >= 0.6 is 0 Å². The first-order chi connectivity index (χ1) is 34.7. The lowest BCUT2D eigenvalue weighted by Crippen LogP contribution is -2.31. The Morgan fingerprint density at radius 1 is 0.351 bits per heavy atom. The average molecular weight is 968 g/mol. The van der Waals surface area contributed by atoms with Gasteiger partial charge < -0.3 is 4.90 Å². The van der Waals surface area contributed by atoms with Crippen LogP contribution in [-0.4, -0.2) is 0 Å². The van der Waals surface area contributed by atoms with Gasteiger partial charge in [0.2, 0.25) is 0 Å². The van der Waals surface area contributed by atoms with E-state index in [2.05, 4.69) is 286 Å². The number of nitrogens with zero attached hydrogens (tertiary/aromatic N) is 1. The molecule has 0 unspecified atom stereocenters. The van der Waals surface area contributed by atoms with Crippen LogP contribution in [0.4, 0.5) is 17.1 Å². The lowest BCUT2D eigenvalue weighted by molar-refractivity contribution is 0.589. The first-order valence-corrected chi connectivity index (χ1v) is 27.3. The highest BCUT2D eigenvalue weighted by Gasteiger charge is 2.46. The largest absolute Gasteiger partial charge is 0.310 e. The van der Waals surface area contributed by atoms with E-state index in [4.69, 9.17) is 0 Å². The van der Waals surface area contributed by atoms with Crippen LogP contribution in [0.2, 0.25) is 0 Å². The number of benzene rings is 9. The van der Waals surface area contributed by atoms with Crippen molar-refractivity contribution in [2.24, 2.45) is 0 Å². The van der Waals surface area contributed by atoms with Crippen molar-refractivity contribution in [3.8, 4) is 22.3 Å². The lowest BCUT2D eigenvalue weighted by atomic mass is 9.63. The van der Waals surface area contributed by atoms with Crippen LogP contribution in [-0.2, 0) is 32.5 Å². The highest BCUT2D eigenvalue weighted by Crippen LogP contribution is 2.61. The summed E-state index contributed by atoms with van der Waals surface area (Å²) in [5.74, 6) is 0.0594. The van der Waals surface area contributed by atoms with E-state index >= 15 is 0 Å². The summed E-state index contributed by atoms with van der Waals surface area (Å²) in [4.78, 5) is 2.56. The molecular weight excluding hydrogens is 891 g/mol. The average Bonchev–Trinajstić information content (AvgIpc) is 3.63. The third kappa shape index (κ3) is 8.04. The summed E-state index contributed by atoms with van der Waals surface area (Å²) in [5, 5.41) is 5.21. The first-order valence-electron chi connectivity index (χ1n) is 27.3. The van der Waals surface area contributed by atoms with Crippen LogP contribution in [0.25, 0.3) is 43.8 Å². The van der Waals surface area contributed by atoms with Gasteiger partial charge >= 0.3 is 0 Å². The maximum atomic E-state index is 2.56. The summed E-state index contributed by atoms with van der Waals surface area (Å²) in [5.41, 5.74) is 23.5. The number of hydrogen-bond donors (Lipinski definition) is 0. The van der Waals surface area contributed by atoms with Crippen molar-refractivity contribution in [3.63, 3.8) is 0 Å². The molecule has 1 heteroatoms. The molecule has 2 aliphatic carbocycles. The molecule has 0 amide bonds. The molecule has 9 aromatic rings. The molecule has 0 saturated heterocycles. The third-order valence-electron chi connectivity index (χ3n) is 17.2. The molecule has 2 aliphatic rings. The van der Waals surface area contributed by atoms with Gasteiger partial charge in [0.15, 0.2) is 0 Å². The molecule has 0 spiro atoms. The van der Waals surface area contributed by atoms with Crippen molar-refractivity contribution >= 4 is 38.6 Å². The molecule has 0 radical (unpaired) electrons. The van der Waals surface area contributed by atoms with Gasteiger partial charge in [0.25, 0.3) is 0 Å². The number of fused-ring (bicyclic) bond motifs is 8. The predicted molar refractivity (Wildman–Crippen MR) is 320 cm³/mol. The van der Waals surface area contributed by atoms with Crippen LogP contribution in [0, 0.1) is 0 Å². The van der Waals surface area contributed by atoms with Gasteiger partial charge in [-0.15, -0.1) is 0 Å². The van der Waals surface area contributed by atoms with E-state index in [1.807, 2.05) is 0 Å². The van der Waals surface area contributed by atoms with Gasteiger partial charge in [-0.1, -0.05) is 244 Å². The lowest BCUT2D eigenvalue weighted by Gasteiger charge is -2.42. The molecule has 74 heavy (non-hydrogen) atoms. The second-order valence-electron chi connectivity index (χ2n) is 27.1. The van der Waals surface area contributed by atoms with Crippen molar-refractivity contribution in [2.75, 3.05) is 4.90 Å². The van der Waals surface area contributed by atoms with Gasteiger partial charge in [0.05, 0.1) is 5.69 Å².